The van der Waals surface area contributed by atoms with Crippen LogP contribution in [0.15, 0.2) is 0 Å². The Morgan fingerprint density at radius 1 is 0.621 bits per heavy atom. The largest absolute Gasteiger partial charge is 0.394 e. The molecule has 0 unspecified atom stereocenters. The van der Waals surface area contributed by atoms with Crippen molar-refractivity contribution in [2.24, 2.45) is 5.41 Å². The Morgan fingerprint density at radius 3 is 1.21 bits per heavy atom. The van der Waals surface area contributed by atoms with Crippen molar-refractivity contribution in [2.45, 2.75) is 72.9 Å². The Morgan fingerprint density at radius 2 is 0.966 bits per heavy atom. The molecule has 0 aliphatic heterocycles. The molecule has 0 saturated heterocycles. The second kappa shape index (κ2) is 15.8. The van der Waals surface area contributed by atoms with Gasteiger partial charge in [0.05, 0.1) is 0 Å². The van der Waals surface area contributed by atoms with Gasteiger partial charge in [-0.15, -0.1) is 0 Å². The number of hydrogen-bond acceptors (Lipinski definition) is 5. The molecule has 0 atom stereocenters. The van der Waals surface area contributed by atoms with Crippen molar-refractivity contribution in [1.82, 2.24) is 14.7 Å². The molecule has 0 aromatic heterocycles. The molecule has 0 saturated carbocycles. The second-order valence-corrected chi connectivity index (χ2v) is 12.2. The first-order chi connectivity index (χ1) is 13.8. The Bertz CT molecular complexity index is 356. The van der Waals surface area contributed by atoms with Gasteiger partial charge in [0.25, 0.3) is 0 Å². The zero-order valence-electron chi connectivity index (χ0n) is 21.4. The molecule has 29 heavy (non-hydrogen) atoms. The van der Waals surface area contributed by atoms with Crippen molar-refractivity contribution in [3.05, 3.63) is 0 Å². The molecule has 6 heteroatoms. The molecule has 0 aromatic carbocycles. The van der Waals surface area contributed by atoms with Crippen molar-refractivity contribution in [3.8, 4) is 0 Å². The maximum Gasteiger partial charge on any atom is 0.338 e. The van der Waals surface area contributed by atoms with E-state index in [1.165, 1.54) is 19.3 Å². The smallest absolute Gasteiger partial charge is 0.338 e. The van der Waals surface area contributed by atoms with E-state index in [0.29, 0.717) is 0 Å². The summed E-state index contributed by atoms with van der Waals surface area (Å²) in [5, 5.41) is 0. The molecule has 0 rings (SSSR count). The van der Waals surface area contributed by atoms with Gasteiger partial charge in [-0.2, -0.15) is 0 Å². The first-order valence-corrected chi connectivity index (χ1v) is 14.3. The van der Waals surface area contributed by atoms with Crippen molar-refractivity contribution < 1.29 is 8.85 Å². The highest BCUT2D eigenvalue weighted by atomic mass is 28.4. The number of nitrogens with zero attached hydrogens (tertiary/aromatic N) is 3. The van der Waals surface area contributed by atoms with Crippen LogP contribution in [0.5, 0.6) is 0 Å². The Kier molecular flexibility index (Phi) is 15.8. The van der Waals surface area contributed by atoms with Crippen LogP contribution in [0.3, 0.4) is 0 Å². The minimum absolute atomic E-state index is 0.267. The van der Waals surface area contributed by atoms with E-state index in [1.807, 2.05) is 0 Å². The summed E-state index contributed by atoms with van der Waals surface area (Å²) in [5.41, 5.74) is 0.267. The lowest BCUT2D eigenvalue weighted by atomic mass is 9.79. The maximum atomic E-state index is 6.45. The van der Waals surface area contributed by atoms with Gasteiger partial charge in [0.15, 0.2) is 0 Å². The van der Waals surface area contributed by atoms with E-state index in [0.717, 1.165) is 64.6 Å². The van der Waals surface area contributed by atoms with Crippen LogP contribution < -0.4 is 0 Å². The highest BCUT2D eigenvalue weighted by molar-refractivity contribution is 6.67. The Hall–Kier alpha value is 0.0169. The first-order valence-electron chi connectivity index (χ1n) is 12.1. The van der Waals surface area contributed by atoms with Gasteiger partial charge in [-0.05, 0) is 111 Å². The van der Waals surface area contributed by atoms with Gasteiger partial charge in [0.1, 0.15) is 0 Å². The van der Waals surface area contributed by atoms with Crippen LogP contribution in [-0.4, -0.2) is 96.9 Å². The minimum Gasteiger partial charge on any atom is -0.394 e. The number of rotatable bonds is 19. The van der Waals surface area contributed by atoms with Gasteiger partial charge in [-0.1, -0.05) is 27.7 Å². The van der Waals surface area contributed by atoms with E-state index < -0.39 is 8.56 Å². The number of hydrogen-bond donors (Lipinski definition) is 0. The molecule has 0 spiro atoms. The summed E-state index contributed by atoms with van der Waals surface area (Å²) >= 11 is 0. The maximum absolute atomic E-state index is 6.45. The molecule has 0 amide bonds. The third-order valence-corrected chi connectivity index (χ3v) is 10.7. The monoisotopic (exact) mass is 431 g/mol. The van der Waals surface area contributed by atoms with Crippen molar-refractivity contribution in [2.75, 3.05) is 73.6 Å². The van der Waals surface area contributed by atoms with Crippen LogP contribution in [0, 0.1) is 5.41 Å². The highest BCUT2D eigenvalue weighted by Gasteiger charge is 2.45. The highest BCUT2D eigenvalue weighted by Crippen LogP contribution is 2.42. The molecule has 0 fully saturated rings. The zero-order chi connectivity index (χ0) is 22.3. The SMILES string of the molecule is CCO[Si](CC)(CC(CCN(C)CC)(CCN(C)CC)CCN(C)CC)OCC. The average Bonchev–Trinajstić information content (AvgIpc) is 2.73. The fourth-order valence-corrected chi connectivity index (χ4v) is 7.64. The van der Waals surface area contributed by atoms with E-state index in [1.54, 1.807) is 0 Å². The van der Waals surface area contributed by atoms with Gasteiger partial charge in [0.2, 0.25) is 0 Å². The summed E-state index contributed by atoms with van der Waals surface area (Å²) in [6.45, 7) is 21.6. The van der Waals surface area contributed by atoms with Crippen LogP contribution in [-0.2, 0) is 8.85 Å². The standard InChI is InChI=1S/C23H53N3O2Si/c1-10-24(7)19-16-23(17-20-25(8)11-2,18-21-26(9)12-3)22-29(15-6,27-13-4)28-14-5/h10-22H2,1-9H3. The van der Waals surface area contributed by atoms with Gasteiger partial charge in [-0.25, -0.2) is 0 Å². The van der Waals surface area contributed by atoms with Gasteiger partial charge in [-0.3, -0.25) is 0 Å². The molecule has 0 N–H and O–H groups in total. The quantitative estimate of drug-likeness (QED) is 0.280. The average molecular weight is 432 g/mol. The molecular weight excluding hydrogens is 378 g/mol. The third kappa shape index (κ3) is 11.3. The summed E-state index contributed by atoms with van der Waals surface area (Å²) in [4.78, 5) is 7.37. The van der Waals surface area contributed by atoms with Gasteiger partial charge >= 0.3 is 8.56 Å². The third-order valence-electron chi connectivity index (χ3n) is 6.69. The van der Waals surface area contributed by atoms with Crippen LogP contribution in [0.25, 0.3) is 0 Å². The summed E-state index contributed by atoms with van der Waals surface area (Å²) in [7, 11) is 4.53. The topological polar surface area (TPSA) is 28.2 Å². The lowest BCUT2D eigenvalue weighted by molar-refractivity contribution is 0.123. The fourth-order valence-electron chi connectivity index (χ4n) is 3.97. The van der Waals surface area contributed by atoms with Crippen LogP contribution >= 0.6 is 0 Å². The minimum atomic E-state index is -2.21. The van der Waals surface area contributed by atoms with Gasteiger partial charge in [0, 0.05) is 13.2 Å². The van der Waals surface area contributed by atoms with Gasteiger partial charge < -0.3 is 23.6 Å². The van der Waals surface area contributed by atoms with E-state index in [-0.39, 0.29) is 5.41 Å². The Labute approximate surface area is 184 Å². The zero-order valence-corrected chi connectivity index (χ0v) is 22.4. The fraction of sp³-hybridized carbons (Fsp3) is 1.00. The van der Waals surface area contributed by atoms with Crippen molar-refractivity contribution in [1.29, 1.82) is 0 Å². The van der Waals surface area contributed by atoms with Crippen LogP contribution in [0.2, 0.25) is 12.1 Å². The summed E-state index contributed by atoms with van der Waals surface area (Å²) in [5.74, 6) is 0. The summed E-state index contributed by atoms with van der Waals surface area (Å²) in [6.07, 6.45) is 3.67. The summed E-state index contributed by atoms with van der Waals surface area (Å²) in [6, 6.07) is 2.15. The predicted molar refractivity (Wildman–Crippen MR) is 130 cm³/mol. The second-order valence-electron chi connectivity index (χ2n) is 8.74. The summed E-state index contributed by atoms with van der Waals surface area (Å²) < 4.78 is 12.9. The molecule has 0 aromatic rings. The van der Waals surface area contributed by atoms with E-state index in [4.69, 9.17) is 8.85 Å². The lowest BCUT2D eigenvalue weighted by Crippen LogP contribution is -2.48. The molecule has 0 aliphatic rings. The Balaban J connectivity index is 5.82. The van der Waals surface area contributed by atoms with E-state index in [2.05, 4.69) is 77.4 Å². The molecule has 0 aliphatic carbocycles. The first kappa shape index (κ1) is 29.0. The molecule has 5 nitrogen and oxygen atoms in total. The molecule has 0 radical (unpaired) electrons. The van der Waals surface area contributed by atoms with E-state index in [9.17, 15) is 0 Å². The molecule has 0 heterocycles. The van der Waals surface area contributed by atoms with Crippen molar-refractivity contribution in [3.63, 3.8) is 0 Å². The normalized spacial score (nSPS) is 13.2. The van der Waals surface area contributed by atoms with E-state index >= 15 is 0 Å². The molecule has 176 valence electrons. The van der Waals surface area contributed by atoms with Crippen LogP contribution in [0.1, 0.15) is 60.8 Å². The van der Waals surface area contributed by atoms with Crippen LogP contribution in [0.4, 0.5) is 0 Å². The predicted octanol–water partition coefficient (Wildman–Crippen LogP) is 4.53. The molecular formula is C23H53N3O2Si. The van der Waals surface area contributed by atoms with Crippen molar-refractivity contribution >= 4 is 8.56 Å². The lowest BCUT2D eigenvalue weighted by Gasteiger charge is -2.43. The molecule has 0 bridgehead atoms.